The van der Waals surface area contributed by atoms with Crippen molar-refractivity contribution in [1.82, 2.24) is 5.16 Å². The van der Waals surface area contributed by atoms with Crippen LogP contribution in [0.3, 0.4) is 0 Å². The Balaban J connectivity index is 2.34. The summed E-state index contributed by atoms with van der Waals surface area (Å²) in [6.45, 7) is 5.86. The lowest BCUT2D eigenvalue weighted by Gasteiger charge is -2.08. The molecule has 1 aromatic heterocycles. The molecule has 0 aromatic carbocycles. The van der Waals surface area contributed by atoms with E-state index >= 15 is 0 Å². The third kappa shape index (κ3) is 5.64. The summed E-state index contributed by atoms with van der Waals surface area (Å²) in [5.74, 6) is 0.384. The van der Waals surface area contributed by atoms with Crippen LogP contribution in [0, 0.1) is 0 Å². The number of anilines is 1. The lowest BCUT2D eigenvalue weighted by atomic mass is 10.1. The van der Waals surface area contributed by atoms with Crippen molar-refractivity contribution in [2.45, 2.75) is 38.4 Å². The van der Waals surface area contributed by atoms with Gasteiger partial charge in [0.05, 0.1) is 25.0 Å². The van der Waals surface area contributed by atoms with Crippen LogP contribution >= 0.6 is 11.8 Å². The highest BCUT2D eigenvalue weighted by molar-refractivity contribution is 8.00. The summed E-state index contributed by atoms with van der Waals surface area (Å²) in [5, 5.41) is 6.51. The standard InChI is InChI=1S/C13H20N2O4S/c1-8(2)10-6-12(19-15-10)14-11(16)7-20-9(3)5-13(17)18-4/h6,8-9H,5,7H2,1-4H3,(H,14,16). The van der Waals surface area contributed by atoms with E-state index in [4.69, 9.17) is 4.52 Å². The van der Waals surface area contributed by atoms with Crippen molar-refractivity contribution in [3.8, 4) is 0 Å². The quantitative estimate of drug-likeness (QED) is 0.779. The van der Waals surface area contributed by atoms with Gasteiger partial charge in [0.2, 0.25) is 11.8 Å². The molecule has 6 nitrogen and oxygen atoms in total. The Labute approximate surface area is 122 Å². The van der Waals surface area contributed by atoms with Crippen molar-refractivity contribution in [3.05, 3.63) is 11.8 Å². The van der Waals surface area contributed by atoms with Crippen LogP contribution in [0.4, 0.5) is 5.88 Å². The van der Waals surface area contributed by atoms with Crippen molar-refractivity contribution in [2.75, 3.05) is 18.2 Å². The zero-order chi connectivity index (χ0) is 15.1. The first-order chi connectivity index (χ1) is 9.42. The van der Waals surface area contributed by atoms with Crippen LogP contribution in [0.25, 0.3) is 0 Å². The predicted octanol–water partition coefficient (Wildman–Crippen LogP) is 2.42. The molecular formula is C13H20N2O4S. The zero-order valence-corrected chi connectivity index (χ0v) is 13.0. The molecule has 0 saturated heterocycles. The van der Waals surface area contributed by atoms with E-state index in [9.17, 15) is 9.59 Å². The second-order valence-corrected chi connectivity index (χ2v) is 6.15. The number of carbonyl (C=O) groups is 2. The normalized spacial score (nSPS) is 12.2. The molecule has 0 aliphatic carbocycles. The maximum Gasteiger partial charge on any atom is 0.306 e. The van der Waals surface area contributed by atoms with Crippen LogP contribution in [0.2, 0.25) is 0 Å². The SMILES string of the molecule is COC(=O)CC(C)SCC(=O)Nc1cc(C(C)C)no1. The van der Waals surface area contributed by atoms with E-state index in [-0.39, 0.29) is 35.2 Å². The van der Waals surface area contributed by atoms with Gasteiger partial charge in [0.25, 0.3) is 0 Å². The molecule has 0 saturated carbocycles. The van der Waals surface area contributed by atoms with Crippen molar-refractivity contribution < 1.29 is 18.8 Å². The van der Waals surface area contributed by atoms with Gasteiger partial charge in [-0.2, -0.15) is 0 Å². The van der Waals surface area contributed by atoms with Crippen LogP contribution < -0.4 is 5.32 Å². The summed E-state index contributed by atoms with van der Waals surface area (Å²) in [7, 11) is 1.35. The van der Waals surface area contributed by atoms with Gasteiger partial charge in [-0.3, -0.25) is 14.9 Å². The molecule has 7 heteroatoms. The summed E-state index contributed by atoms with van der Waals surface area (Å²) in [6, 6.07) is 1.71. The maximum absolute atomic E-state index is 11.7. The van der Waals surface area contributed by atoms with Gasteiger partial charge in [0, 0.05) is 11.3 Å². The van der Waals surface area contributed by atoms with E-state index in [0.717, 1.165) is 5.69 Å². The maximum atomic E-state index is 11.7. The van der Waals surface area contributed by atoms with Crippen LogP contribution in [0.15, 0.2) is 10.6 Å². The van der Waals surface area contributed by atoms with E-state index in [1.54, 1.807) is 6.07 Å². The largest absolute Gasteiger partial charge is 0.469 e. The van der Waals surface area contributed by atoms with Crippen LogP contribution in [-0.4, -0.2) is 35.1 Å². The number of nitrogens with one attached hydrogen (secondary N) is 1. The second-order valence-electron chi connectivity index (χ2n) is 4.72. The number of hydrogen-bond acceptors (Lipinski definition) is 6. The molecule has 1 N–H and O–H groups in total. The second kappa shape index (κ2) is 7.94. The molecule has 112 valence electrons. The number of hydrogen-bond donors (Lipinski definition) is 1. The number of nitrogens with zero attached hydrogens (tertiary/aromatic N) is 1. The molecule has 20 heavy (non-hydrogen) atoms. The molecular weight excluding hydrogens is 280 g/mol. The fourth-order valence-electron chi connectivity index (χ4n) is 1.39. The molecule has 0 fully saturated rings. The molecule has 0 bridgehead atoms. The number of methoxy groups -OCH3 is 1. The number of esters is 1. The Morgan fingerprint density at radius 2 is 2.15 bits per heavy atom. The van der Waals surface area contributed by atoms with E-state index < -0.39 is 0 Å². The summed E-state index contributed by atoms with van der Waals surface area (Å²) in [4.78, 5) is 22.8. The first-order valence-electron chi connectivity index (χ1n) is 6.37. The minimum atomic E-state index is -0.276. The average Bonchev–Trinajstić information content (AvgIpc) is 2.85. The Morgan fingerprint density at radius 3 is 2.70 bits per heavy atom. The van der Waals surface area contributed by atoms with Crippen molar-refractivity contribution in [3.63, 3.8) is 0 Å². The van der Waals surface area contributed by atoms with E-state index in [2.05, 4.69) is 15.2 Å². The minimum absolute atomic E-state index is 0.0224. The van der Waals surface area contributed by atoms with E-state index in [1.807, 2.05) is 20.8 Å². The molecule has 0 radical (unpaired) electrons. The van der Waals surface area contributed by atoms with E-state index in [1.165, 1.54) is 18.9 Å². The summed E-state index contributed by atoms with van der Waals surface area (Å²) in [5.41, 5.74) is 0.798. The summed E-state index contributed by atoms with van der Waals surface area (Å²) in [6.07, 6.45) is 0.286. The number of rotatable bonds is 7. The molecule has 1 atom stereocenters. The molecule has 1 unspecified atom stereocenters. The first kappa shape index (κ1) is 16.6. The fourth-order valence-corrected chi connectivity index (χ4v) is 2.15. The lowest BCUT2D eigenvalue weighted by Crippen LogP contribution is -2.17. The molecule has 1 heterocycles. The van der Waals surface area contributed by atoms with Gasteiger partial charge in [-0.25, -0.2) is 0 Å². The zero-order valence-electron chi connectivity index (χ0n) is 12.1. The Hall–Kier alpha value is -1.50. The molecule has 1 rings (SSSR count). The van der Waals surface area contributed by atoms with Crippen LogP contribution in [0.1, 0.15) is 38.8 Å². The van der Waals surface area contributed by atoms with E-state index in [0.29, 0.717) is 5.88 Å². The van der Waals surface area contributed by atoms with Gasteiger partial charge in [0.15, 0.2) is 0 Å². The van der Waals surface area contributed by atoms with Gasteiger partial charge < -0.3 is 9.26 Å². The number of carbonyl (C=O) groups excluding carboxylic acids is 2. The van der Waals surface area contributed by atoms with Gasteiger partial charge in [0.1, 0.15) is 0 Å². The third-order valence-corrected chi connectivity index (χ3v) is 3.73. The summed E-state index contributed by atoms with van der Waals surface area (Å²) < 4.78 is 9.59. The van der Waals surface area contributed by atoms with Gasteiger partial charge in [-0.05, 0) is 5.92 Å². The van der Waals surface area contributed by atoms with Crippen molar-refractivity contribution in [1.29, 1.82) is 0 Å². The number of ether oxygens (including phenoxy) is 1. The lowest BCUT2D eigenvalue weighted by molar-refractivity contribution is -0.140. The average molecular weight is 300 g/mol. The highest BCUT2D eigenvalue weighted by Gasteiger charge is 2.14. The monoisotopic (exact) mass is 300 g/mol. The Kier molecular flexibility index (Phi) is 6.57. The molecule has 0 aliphatic rings. The first-order valence-corrected chi connectivity index (χ1v) is 7.42. The highest BCUT2D eigenvalue weighted by atomic mass is 32.2. The Bertz CT molecular complexity index is 459. The number of amides is 1. The molecule has 1 amide bonds. The van der Waals surface area contributed by atoms with Crippen LogP contribution in [-0.2, 0) is 14.3 Å². The smallest absolute Gasteiger partial charge is 0.306 e. The van der Waals surface area contributed by atoms with Crippen LogP contribution in [0.5, 0.6) is 0 Å². The summed E-state index contributed by atoms with van der Waals surface area (Å²) >= 11 is 1.39. The minimum Gasteiger partial charge on any atom is -0.469 e. The molecule has 1 aromatic rings. The molecule has 0 aliphatic heterocycles. The fraction of sp³-hybridized carbons (Fsp3) is 0.615. The Morgan fingerprint density at radius 1 is 1.45 bits per heavy atom. The third-order valence-electron chi connectivity index (χ3n) is 2.56. The topological polar surface area (TPSA) is 81.4 Å². The van der Waals surface area contributed by atoms with Gasteiger partial charge >= 0.3 is 5.97 Å². The highest BCUT2D eigenvalue weighted by Crippen LogP contribution is 2.19. The predicted molar refractivity (Wildman–Crippen MR) is 77.8 cm³/mol. The van der Waals surface area contributed by atoms with Crippen molar-refractivity contribution in [2.24, 2.45) is 0 Å². The van der Waals surface area contributed by atoms with Crippen molar-refractivity contribution >= 4 is 29.5 Å². The molecule has 0 spiro atoms. The van der Waals surface area contributed by atoms with Gasteiger partial charge in [-0.1, -0.05) is 25.9 Å². The number of aromatic nitrogens is 1. The number of thioether (sulfide) groups is 1. The van der Waals surface area contributed by atoms with Gasteiger partial charge in [-0.15, -0.1) is 11.8 Å².